The fourth-order valence-electron chi connectivity index (χ4n) is 3.40. The molecule has 1 N–H and O–H groups in total. The van der Waals surface area contributed by atoms with Gasteiger partial charge in [0.2, 0.25) is 5.91 Å². The van der Waals surface area contributed by atoms with Crippen LogP contribution in [0, 0.1) is 13.8 Å². The van der Waals surface area contributed by atoms with Crippen LogP contribution in [-0.4, -0.2) is 26.6 Å². The molecule has 0 aliphatic rings. The minimum Gasteiger partial charge on any atom is -0.455 e. The molecule has 0 saturated heterocycles. The Kier molecular flexibility index (Phi) is 7.40. The first kappa shape index (κ1) is 23.7. The second-order valence-corrected chi connectivity index (χ2v) is 9.04. The summed E-state index contributed by atoms with van der Waals surface area (Å²) in [7, 11) is 0. The smallest absolute Gasteiger partial charge is 0.343 e. The normalized spacial score (nSPS) is 10.8. The van der Waals surface area contributed by atoms with Crippen LogP contribution in [0.3, 0.4) is 0 Å². The van der Waals surface area contributed by atoms with Crippen molar-refractivity contribution in [2.75, 3.05) is 5.32 Å². The van der Waals surface area contributed by atoms with Crippen molar-refractivity contribution < 1.29 is 14.3 Å². The molecule has 0 bridgehead atoms. The molecule has 1 amide bonds. The molecule has 2 heterocycles. The number of rotatable bonds is 8. The molecule has 0 unspecified atom stereocenters. The van der Waals surface area contributed by atoms with Gasteiger partial charge in [0.1, 0.15) is 22.3 Å². The summed E-state index contributed by atoms with van der Waals surface area (Å²) in [5, 5.41) is 9.92. The predicted octanol–water partition coefficient (Wildman–Crippen LogP) is 5.20. The van der Waals surface area contributed by atoms with E-state index < -0.39 is 5.97 Å². The number of amides is 1. The SMILES string of the molecule is Cc1ccccc1NC(=O)Cc1nc(COC(=O)c2c(C)nn(Cc3ccccc3)c2Cl)cs1. The first-order valence-electron chi connectivity index (χ1n) is 10.6. The summed E-state index contributed by atoms with van der Waals surface area (Å²) in [6, 6.07) is 17.3. The standard InChI is InChI=1S/C25H23ClN4O3S/c1-16-8-6-7-11-20(16)28-21(31)12-22-27-19(15-34-22)14-33-25(32)23-17(2)29-30(24(23)26)13-18-9-4-3-5-10-18/h3-11,15H,12-14H2,1-2H3,(H,28,31). The van der Waals surface area contributed by atoms with Crippen molar-refractivity contribution in [2.45, 2.75) is 33.4 Å². The zero-order valence-electron chi connectivity index (χ0n) is 18.7. The Morgan fingerprint density at radius 2 is 1.82 bits per heavy atom. The molecular formula is C25H23ClN4O3S. The summed E-state index contributed by atoms with van der Waals surface area (Å²) in [5.41, 5.74) is 4.10. The average Bonchev–Trinajstić information content (AvgIpc) is 3.37. The molecule has 0 fully saturated rings. The lowest BCUT2D eigenvalue weighted by Crippen LogP contribution is -2.15. The summed E-state index contributed by atoms with van der Waals surface area (Å²) in [5.74, 6) is -0.714. The summed E-state index contributed by atoms with van der Waals surface area (Å²) < 4.78 is 7.02. The molecule has 0 atom stereocenters. The minimum absolute atomic E-state index is 0.0195. The predicted molar refractivity (Wildman–Crippen MR) is 132 cm³/mol. The van der Waals surface area contributed by atoms with Crippen molar-refractivity contribution in [1.29, 1.82) is 0 Å². The number of benzene rings is 2. The van der Waals surface area contributed by atoms with Crippen molar-refractivity contribution in [2.24, 2.45) is 0 Å². The van der Waals surface area contributed by atoms with Crippen LogP contribution >= 0.6 is 22.9 Å². The lowest BCUT2D eigenvalue weighted by atomic mass is 10.2. The Balaban J connectivity index is 1.34. The van der Waals surface area contributed by atoms with Gasteiger partial charge in [-0.05, 0) is 31.0 Å². The first-order valence-corrected chi connectivity index (χ1v) is 11.9. The molecule has 4 rings (SSSR count). The molecule has 2 aromatic carbocycles. The van der Waals surface area contributed by atoms with E-state index in [4.69, 9.17) is 16.3 Å². The number of anilines is 1. The van der Waals surface area contributed by atoms with Gasteiger partial charge in [-0.15, -0.1) is 11.3 Å². The van der Waals surface area contributed by atoms with Gasteiger partial charge in [-0.3, -0.25) is 4.79 Å². The van der Waals surface area contributed by atoms with Crippen LogP contribution in [0.4, 0.5) is 5.69 Å². The molecule has 174 valence electrons. The van der Waals surface area contributed by atoms with Gasteiger partial charge in [0.05, 0.1) is 24.4 Å². The fraction of sp³-hybridized carbons (Fsp3) is 0.200. The number of aromatic nitrogens is 3. The second kappa shape index (κ2) is 10.6. The summed E-state index contributed by atoms with van der Waals surface area (Å²) >= 11 is 7.78. The highest BCUT2D eigenvalue weighted by atomic mass is 35.5. The van der Waals surface area contributed by atoms with E-state index in [1.54, 1.807) is 17.0 Å². The fourth-order valence-corrected chi connectivity index (χ4v) is 4.49. The Labute approximate surface area is 206 Å². The Morgan fingerprint density at radius 3 is 2.59 bits per heavy atom. The van der Waals surface area contributed by atoms with Crippen LogP contribution in [-0.2, 0) is 29.1 Å². The molecule has 7 nitrogen and oxygen atoms in total. The lowest BCUT2D eigenvalue weighted by Gasteiger charge is -2.06. The first-order chi connectivity index (χ1) is 16.4. The minimum atomic E-state index is -0.561. The number of para-hydroxylation sites is 1. The van der Waals surface area contributed by atoms with E-state index in [0.717, 1.165) is 16.8 Å². The van der Waals surface area contributed by atoms with Crippen molar-refractivity contribution in [1.82, 2.24) is 14.8 Å². The van der Waals surface area contributed by atoms with E-state index in [1.165, 1.54) is 11.3 Å². The highest BCUT2D eigenvalue weighted by molar-refractivity contribution is 7.09. The third-order valence-corrected chi connectivity index (χ3v) is 6.41. The molecular weight excluding hydrogens is 472 g/mol. The zero-order chi connectivity index (χ0) is 24.1. The molecule has 2 aromatic heterocycles. The largest absolute Gasteiger partial charge is 0.455 e. The average molecular weight is 495 g/mol. The van der Waals surface area contributed by atoms with Gasteiger partial charge in [0, 0.05) is 11.1 Å². The number of esters is 1. The van der Waals surface area contributed by atoms with Crippen LogP contribution in [0.5, 0.6) is 0 Å². The number of thiazole rings is 1. The topological polar surface area (TPSA) is 86.1 Å². The van der Waals surface area contributed by atoms with Gasteiger partial charge in [0.25, 0.3) is 0 Å². The molecule has 0 radical (unpaired) electrons. The number of ether oxygens (including phenoxy) is 1. The number of carbonyl (C=O) groups is 2. The Bertz CT molecular complexity index is 1320. The molecule has 34 heavy (non-hydrogen) atoms. The number of nitrogens with one attached hydrogen (secondary N) is 1. The maximum atomic E-state index is 12.7. The number of carbonyl (C=O) groups excluding carboxylic acids is 2. The van der Waals surface area contributed by atoms with E-state index in [1.807, 2.05) is 61.5 Å². The highest BCUT2D eigenvalue weighted by Gasteiger charge is 2.22. The lowest BCUT2D eigenvalue weighted by molar-refractivity contribution is -0.115. The van der Waals surface area contributed by atoms with E-state index in [0.29, 0.717) is 22.9 Å². The quantitative estimate of drug-likeness (QED) is 0.340. The van der Waals surface area contributed by atoms with Crippen LogP contribution in [0.15, 0.2) is 60.0 Å². The monoisotopic (exact) mass is 494 g/mol. The molecule has 0 aliphatic carbocycles. The van der Waals surface area contributed by atoms with Gasteiger partial charge in [-0.1, -0.05) is 60.1 Å². The maximum absolute atomic E-state index is 12.7. The summed E-state index contributed by atoms with van der Waals surface area (Å²) in [6.45, 7) is 4.09. The van der Waals surface area contributed by atoms with Gasteiger partial charge < -0.3 is 10.1 Å². The van der Waals surface area contributed by atoms with Gasteiger partial charge in [-0.2, -0.15) is 5.10 Å². The van der Waals surface area contributed by atoms with Gasteiger partial charge in [-0.25, -0.2) is 14.5 Å². The zero-order valence-corrected chi connectivity index (χ0v) is 20.3. The van der Waals surface area contributed by atoms with Crippen LogP contribution in [0.1, 0.15) is 37.9 Å². The Hall–Kier alpha value is -3.49. The third-order valence-electron chi connectivity index (χ3n) is 5.13. The van der Waals surface area contributed by atoms with E-state index in [9.17, 15) is 9.59 Å². The number of aryl methyl sites for hydroxylation is 2. The molecule has 0 aliphatic heterocycles. The van der Waals surface area contributed by atoms with Crippen LogP contribution in [0.25, 0.3) is 0 Å². The summed E-state index contributed by atoms with van der Waals surface area (Å²) in [4.78, 5) is 29.5. The third kappa shape index (κ3) is 5.70. The van der Waals surface area contributed by atoms with Crippen molar-refractivity contribution >= 4 is 40.5 Å². The number of halogens is 1. The van der Waals surface area contributed by atoms with Crippen molar-refractivity contribution in [3.8, 4) is 0 Å². The molecule has 9 heteroatoms. The van der Waals surface area contributed by atoms with E-state index >= 15 is 0 Å². The number of hydrogen-bond acceptors (Lipinski definition) is 6. The van der Waals surface area contributed by atoms with Crippen LogP contribution in [0.2, 0.25) is 5.15 Å². The van der Waals surface area contributed by atoms with Crippen molar-refractivity contribution in [3.63, 3.8) is 0 Å². The van der Waals surface area contributed by atoms with Crippen LogP contribution < -0.4 is 5.32 Å². The van der Waals surface area contributed by atoms with E-state index in [-0.39, 0.29) is 29.7 Å². The maximum Gasteiger partial charge on any atom is 0.343 e. The van der Waals surface area contributed by atoms with Gasteiger partial charge >= 0.3 is 5.97 Å². The molecule has 4 aromatic rings. The number of nitrogens with zero attached hydrogens (tertiary/aromatic N) is 3. The van der Waals surface area contributed by atoms with E-state index in [2.05, 4.69) is 15.4 Å². The number of hydrogen-bond donors (Lipinski definition) is 1. The second-order valence-electron chi connectivity index (χ2n) is 7.74. The Morgan fingerprint density at radius 1 is 1.09 bits per heavy atom. The molecule has 0 spiro atoms. The van der Waals surface area contributed by atoms with Gasteiger partial charge in [0.15, 0.2) is 0 Å². The summed E-state index contributed by atoms with van der Waals surface area (Å²) in [6.07, 6.45) is 0.143. The molecule has 0 saturated carbocycles. The highest BCUT2D eigenvalue weighted by Crippen LogP contribution is 2.23. The van der Waals surface area contributed by atoms with Crippen molar-refractivity contribution in [3.05, 3.63) is 98.2 Å².